The molecule has 1 unspecified atom stereocenters. The van der Waals surface area contributed by atoms with Crippen LogP contribution in [0.5, 0.6) is 0 Å². The molecule has 0 aliphatic rings. The van der Waals surface area contributed by atoms with Gasteiger partial charge in [-0.05, 0) is 27.2 Å². The second kappa shape index (κ2) is 6.71. The highest BCUT2D eigenvalue weighted by molar-refractivity contribution is 5.69. The van der Waals surface area contributed by atoms with E-state index in [4.69, 9.17) is 4.74 Å². The molecule has 0 bridgehead atoms. The number of carbonyl (C=O) groups is 1. The van der Waals surface area contributed by atoms with Gasteiger partial charge < -0.3 is 4.74 Å². The summed E-state index contributed by atoms with van der Waals surface area (Å²) in [6.07, 6.45) is 2.03. The third-order valence-corrected chi connectivity index (χ3v) is 2.98. The van der Waals surface area contributed by atoms with Crippen LogP contribution in [0.3, 0.4) is 0 Å². The van der Waals surface area contributed by atoms with Crippen molar-refractivity contribution in [3.05, 3.63) is 10.1 Å². The third kappa shape index (κ3) is 5.47. The van der Waals surface area contributed by atoms with Crippen molar-refractivity contribution in [2.75, 3.05) is 0 Å². The molecule has 0 aliphatic carbocycles. The predicted octanol–water partition coefficient (Wildman–Crippen LogP) is 3.33. The molecule has 18 heavy (non-hydrogen) atoms. The van der Waals surface area contributed by atoms with Crippen molar-refractivity contribution in [1.82, 2.24) is 0 Å². The summed E-state index contributed by atoms with van der Waals surface area (Å²) in [6, 6.07) is 0. The summed E-state index contributed by atoms with van der Waals surface area (Å²) in [5.41, 5.74) is -1.52. The molecule has 0 aromatic rings. The van der Waals surface area contributed by atoms with Crippen LogP contribution in [0.4, 0.5) is 0 Å². The van der Waals surface area contributed by atoms with Crippen molar-refractivity contribution in [3.8, 4) is 0 Å². The largest absolute Gasteiger partial charge is 0.460 e. The van der Waals surface area contributed by atoms with Crippen molar-refractivity contribution >= 4 is 5.97 Å². The minimum atomic E-state index is -0.981. The van der Waals surface area contributed by atoms with Crippen LogP contribution in [0.1, 0.15) is 66.7 Å². The number of nitrogens with zero attached hydrogens (tertiary/aromatic N) is 1. The van der Waals surface area contributed by atoms with Crippen LogP contribution in [-0.4, -0.2) is 22.0 Å². The van der Waals surface area contributed by atoms with E-state index in [2.05, 4.69) is 0 Å². The predicted molar refractivity (Wildman–Crippen MR) is 70.0 cm³/mol. The smallest absolute Gasteiger partial charge is 0.306 e. The van der Waals surface area contributed by atoms with Gasteiger partial charge >= 0.3 is 5.97 Å². The average molecular weight is 259 g/mol. The van der Waals surface area contributed by atoms with Gasteiger partial charge in [0.05, 0.1) is 6.42 Å². The van der Waals surface area contributed by atoms with Crippen LogP contribution in [0.15, 0.2) is 0 Å². The second-order valence-electron chi connectivity index (χ2n) is 5.67. The van der Waals surface area contributed by atoms with E-state index in [1.807, 2.05) is 6.92 Å². The molecule has 0 aromatic carbocycles. The molecule has 5 heteroatoms. The highest BCUT2D eigenvalue weighted by atomic mass is 16.6. The highest BCUT2D eigenvalue weighted by Crippen LogP contribution is 2.27. The molecule has 106 valence electrons. The van der Waals surface area contributed by atoms with Gasteiger partial charge in [-0.15, -0.1) is 0 Å². The zero-order valence-electron chi connectivity index (χ0n) is 12.1. The number of nitro groups is 1. The molecule has 0 fully saturated rings. The Morgan fingerprint density at radius 3 is 2.11 bits per heavy atom. The molecule has 0 spiro atoms. The van der Waals surface area contributed by atoms with Gasteiger partial charge in [0.1, 0.15) is 5.60 Å². The van der Waals surface area contributed by atoms with E-state index in [9.17, 15) is 14.9 Å². The zero-order valence-corrected chi connectivity index (χ0v) is 12.1. The summed E-state index contributed by atoms with van der Waals surface area (Å²) in [4.78, 5) is 22.6. The summed E-state index contributed by atoms with van der Waals surface area (Å²) in [5, 5.41) is 11.2. The number of rotatable bonds is 7. The molecule has 0 N–H and O–H groups in total. The Balaban J connectivity index is 4.53. The fourth-order valence-electron chi connectivity index (χ4n) is 1.98. The lowest BCUT2D eigenvalue weighted by molar-refractivity contribution is -0.573. The summed E-state index contributed by atoms with van der Waals surface area (Å²) in [5.74, 6) is -0.363. The molecule has 0 saturated heterocycles. The molecule has 0 amide bonds. The van der Waals surface area contributed by atoms with Gasteiger partial charge in [0.2, 0.25) is 5.54 Å². The first-order valence-electron chi connectivity index (χ1n) is 6.53. The van der Waals surface area contributed by atoms with E-state index in [0.717, 1.165) is 6.42 Å². The van der Waals surface area contributed by atoms with Crippen molar-refractivity contribution < 1.29 is 14.5 Å². The fourth-order valence-corrected chi connectivity index (χ4v) is 1.98. The van der Waals surface area contributed by atoms with Crippen molar-refractivity contribution in [2.45, 2.75) is 77.9 Å². The summed E-state index contributed by atoms with van der Waals surface area (Å²) in [6.45, 7) is 9.08. The number of hydrogen-bond donors (Lipinski definition) is 0. The summed E-state index contributed by atoms with van der Waals surface area (Å²) >= 11 is 0. The van der Waals surface area contributed by atoms with Crippen molar-refractivity contribution in [2.24, 2.45) is 0 Å². The monoisotopic (exact) mass is 259 g/mol. The molecule has 0 aromatic heterocycles. The molecule has 1 atom stereocenters. The van der Waals surface area contributed by atoms with E-state index in [1.165, 1.54) is 0 Å². The maximum absolute atomic E-state index is 11.6. The minimum Gasteiger partial charge on any atom is -0.460 e. The van der Waals surface area contributed by atoms with Crippen molar-refractivity contribution in [1.29, 1.82) is 0 Å². The Labute approximate surface area is 109 Å². The highest BCUT2D eigenvalue weighted by Gasteiger charge is 2.40. The number of esters is 1. The first-order chi connectivity index (χ1) is 8.17. The number of hydrogen-bond acceptors (Lipinski definition) is 4. The molecule has 0 aliphatic heterocycles. The van der Waals surface area contributed by atoms with Crippen LogP contribution in [-0.2, 0) is 9.53 Å². The first kappa shape index (κ1) is 16.9. The van der Waals surface area contributed by atoms with Gasteiger partial charge in [0.25, 0.3) is 0 Å². The van der Waals surface area contributed by atoms with Gasteiger partial charge in [-0.2, -0.15) is 0 Å². The summed E-state index contributed by atoms with van der Waals surface area (Å²) < 4.78 is 5.17. The minimum absolute atomic E-state index is 0.103. The number of carbonyl (C=O) groups excluding carboxylic acids is 1. The molecular formula is C13H25NO4. The van der Waals surface area contributed by atoms with Gasteiger partial charge in [0.15, 0.2) is 0 Å². The third-order valence-electron chi connectivity index (χ3n) is 2.98. The van der Waals surface area contributed by atoms with Crippen molar-refractivity contribution in [3.63, 3.8) is 0 Å². The van der Waals surface area contributed by atoms with Crippen LogP contribution in [0, 0.1) is 10.1 Å². The van der Waals surface area contributed by atoms with Gasteiger partial charge in [-0.1, -0.05) is 13.8 Å². The van der Waals surface area contributed by atoms with E-state index >= 15 is 0 Å². The van der Waals surface area contributed by atoms with E-state index < -0.39 is 11.1 Å². The molecule has 5 nitrogen and oxygen atoms in total. The van der Waals surface area contributed by atoms with Gasteiger partial charge in [-0.25, -0.2) is 0 Å². The quantitative estimate of drug-likeness (QED) is 0.399. The lowest BCUT2D eigenvalue weighted by Gasteiger charge is -2.24. The average Bonchev–Trinajstić information content (AvgIpc) is 2.21. The van der Waals surface area contributed by atoms with E-state index in [1.54, 1.807) is 27.7 Å². The normalized spacial score (nSPS) is 14.9. The molecule has 0 radical (unpaired) electrons. The standard InChI is InChI=1S/C13H25NO4/c1-6-9-13(7-2,14(16)17)10-8-11(15)18-12(3,4)5/h6-10H2,1-5H3. The van der Waals surface area contributed by atoms with Gasteiger partial charge in [-0.3, -0.25) is 14.9 Å². The van der Waals surface area contributed by atoms with Crippen LogP contribution in [0.25, 0.3) is 0 Å². The van der Waals surface area contributed by atoms with Gasteiger partial charge in [0, 0.05) is 24.2 Å². The second-order valence-corrected chi connectivity index (χ2v) is 5.67. The topological polar surface area (TPSA) is 69.4 Å². The lowest BCUT2D eigenvalue weighted by atomic mass is 9.86. The molecule has 0 saturated carbocycles. The first-order valence-corrected chi connectivity index (χ1v) is 6.53. The fraction of sp³-hybridized carbons (Fsp3) is 0.923. The Morgan fingerprint density at radius 2 is 1.78 bits per heavy atom. The Morgan fingerprint density at radius 1 is 1.22 bits per heavy atom. The molecular weight excluding hydrogens is 234 g/mol. The number of ether oxygens (including phenoxy) is 1. The van der Waals surface area contributed by atoms with E-state index in [0.29, 0.717) is 12.8 Å². The maximum Gasteiger partial charge on any atom is 0.306 e. The van der Waals surface area contributed by atoms with E-state index in [-0.39, 0.29) is 23.7 Å². The van der Waals surface area contributed by atoms with Crippen LogP contribution < -0.4 is 0 Å². The molecule has 0 heterocycles. The maximum atomic E-state index is 11.6. The Bertz CT molecular complexity index is 296. The molecule has 0 rings (SSSR count). The Kier molecular flexibility index (Phi) is 6.29. The summed E-state index contributed by atoms with van der Waals surface area (Å²) in [7, 11) is 0. The SMILES string of the molecule is CCCC(CC)(CCC(=O)OC(C)(C)C)[N+](=O)[O-]. The zero-order chi connectivity index (χ0) is 14.4. The van der Waals surface area contributed by atoms with Crippen LogP contribution in [0.2, 0.25) is 0 Å². The lowest BCUT2D eigenvalue weighted by Crippen LogP contribution is -2.38. The van der Waals surface area contributed by atoms with Crippen LogP contribution >= 0.6 is 0 Å². The Hall–Kier alpha value is -1.13.